The molecule has 0 aliphatic carbocycles. The highest BCUT2D eigenvalue weighted by molar-refractivity contribution is 7.17. The fourth-order valence-corrected chi connectivity index (χ4v) is 3.38. The Hall–Kier alpha value is -1.14. The molecule has 0 saturated carbocycles. The summed E-state index contributed by atoms with van der Waals surface area (Å²) in [6, 6.07) is 0.619. The van der Waals surface area contributed by atoms with Gasteiger partial charge in [0.1, 0.15) is 4.88 Å². The number of aryl methyl sites for hydroxylation is 1. The van der Waals surface area contributed by atoms with Gasteiger partial charge in [0.25, 0.3) is 0 Å². The van der Waals surface area contributed by atoms with E-state index in [0.29, 0.717) is 16.8 Å². The molecule has 1 N–H and O–H groups in total. The van der Waals surface area contributed by atoms with Gasteiger partial charge < -0.3 is 15.0 Å². The number of carbonyl (C=O) groups is 1. The highest BCUT2D eigenvalue weighted by Gasteiger charge is 2.24. The first-order chi connectivity index (χ1) is 9.51. The largest absolute Gasteiger partial charge is 0.465 e. The van der Waals surface area contributed by atoms with E-state index in [2.05, 4.69) is 29.0 Å². The molecule has 0 radical (unpaired) electrons. The van der Waals surface area contributed by atoms with E-state index in [1.54, 1.807) is 0 Å². The average Bonchev–Trinajstić information content (AvgIpc) is 3.02. The first-order valence-electron chi connectivity index (χ1n) is 7.05. The topological polar surface area (TPSA) is 54.5 Å². The van der Waals surface area contributed by atoms with Crippen LogP contribution in [0.3, 0.4) is 0 Å². The average molecular weight is 297 g/mol. The van der Waals surface area contributed by atoms with Crippen molar-refractivity contribution in [1.29, 1.82) is 0 Å². The van der Waals surface area contributed by atoms with Crippen molar-refractivity contribution in [3.8, 4) is 0 Å². The van der Waals surface area contributed by atoms with Crippen molar-refractivity contribution in [3.05, 3.63) is 10.6 Å². The summed E-state index contributed by atoms with van der Waals surface area (Å²) in [7, 11) is 1.40. The summed E-state index contributed by atoms with van der Waals surface area (Å²) in [4.78, 5) is 19.0. The summed E-state index contributed by atoms with van der Waals surface area (Å²) >= 11 is 1.37. The number of ether oxygens (including phenoxy) is 1. The molecule has 6 heteroatoms. The smallest absolute Gasteiger partial charge is 0.350 e. The highest BCUT2D eigenvalue weighted by atomic mass is 32.1. The van der Waals surface area contributed by atoms with E-state index in [1.165, 1.54) is 31.4 Å². The van der Waals surface area contributed by atoms with Crippen molar-refractivity contribution in [2.24, 2.45) is 5.92 Å². The van der Waals surface area contributed by atoms with E-state index in [9.17, 15) is 4.79 Å². The Kier molecular flexibility index (Phi) is 4.99. The van der Waals surface area contributed by atoms with Crippen LogP contribution in [0.5, 0.6) is 0 Å². The quantitative estimate of drug-likeness (QED) is 0.846. The van der Waals surface area contributed by atoms with Crippen molar-refractivity contribution < 1.29 is 9.53 Å². The lowest BCUT2D eigenvalue weighted by atomic mass is 10.1. The van der Waals surface area contributed by atoms with E-state index in [0.717, 1.165) is 23.9 Å². The predicted molar refractivity (Wildman–Crippen MR) is 81.5 cm³/mol. The van der Waals surface area contributed by atoms with E-state index >= 15 is 0 Å². The van der Waals surface area contributed by atoms with E-state index < -0.39 is 0 Å². The van der Waals surface area contributed by atoms with Crippen molar-refractivity contribution in [1.82, 2.24) is 9.88 Å². The third-order valence-electron chi connectivity index (χ3n) is 3.76. The van der Waals surface area contributed by atoms with Crippen molar-refractivity contribution in [3.63, 3.8) is 0 Å². The summed E-state index contributed by atoms with van der Waals surface area (Å²) in [5, 5.41) is 4.17. The van der Waals surface area contributed by atoms with Gasteiger partial charge in [0.05, 0.1) is 12.8 Å². The zero-order valence-corrected chi connectivity index (χ0v) is 13.4. The molecule has 112 valence electrons. The molecule has 1 saturated heterocycles. The van der Waals surface area contributed by atoms with Gasteiger partial charge in [-0.2, -0.15) is 0 Å². The molecule has 0 amide bonds. The zero-order chi connectivity index (χ0) is 14.7. The van der Waals surface area contributed by atoms with Crippen LogP contribution in [0.25, 0.3) is 0 Å². The number of aromatic nitrogens is 1. The van der Waals surface area contributed by atoms with Gasteiger partial charge in [-0.1, -0.05) is 11.3 Å². The number of thiazole rings is 1. The standard InChI is InChI=1S/C14H23N3O2S/c1-9(2)17-6-5-11(8-17)7-15-14-16-10(3)12(20-14)13(18)19-4/h9,11H,5-8H2,1-4H3,(H,15,16). The molecule has 2 rings (SSSR count). The molecule has 0 bridgehead atoms. The van der Waals surface area contributed by atoms with Gasteiger partial charge in [0, 0.05) is 19.1 Å². The number of anilines is 1. The lowest BCUT2D eigenvalue weighted by molar-refractivity contribution is 0.0605. The number of likely N-dealkylation sites (tertiary alicyclic amines) is 1. The van der Waals surface area contributed by atoms with Crippen molar-refractivity contribution in [2.75, 3.05) is 32.1 Å². The van der Waals surface area contributed by atoms with E-state index in [-0.39, 0.29) is 5.97 Å². The Morgan fingerprint density at radius 3 is 2.95 bits per heavy atom. The third-order valence-corrected chi connectivity index (χ3v) is 4.85. The van der Waals surface area contributed by atoms with Crippen LogP contribution in [-0.2, 0) is 4.74 Å². The molecule has 0 aromatic carbocycles. The summed E-state index contributed by atoms with van der Waals surface area (Å²) in [6.45, 7) is 9.54. The van der Waals surface area contributed by atoms with Crippen LogP contribution in [-0.4, -0.2) is 48.6 Å². The second kappa shape index (κ2) is 6.54. The molecular weight excluding hydrogens is 274 g/mol. The molecule has 1 aromatic rings. The minimum Gasteiger partial charge on any atom is -0.465 e. The van der Waals surface area contributed by atoms with Crippen LogP contribution < -0.4 is 5.32 Å². The minimum absolute atomic E-state index is 0.306. The van der Waals surface area contributed by atoms with Gasteiger partial charge >= 0.3 is 5.97 Å². The number of carbonyl (C=O) groups excluding carboxylic acids is 1. The number of nitrogens with one attached hydrogen (secondary N) is 1. The second-order valence-electron chi connectivity index (χ2n) is 5.55. The molecule has 1 unspecified atom stereocenters. The molecule has 1 fully saturated rings. The third kappa shape index (κ3) is 3.49. The maximum atomic E-state index is 11.5. The number of esters is 1. The highest BCUT2D eigenvalue weighted by Crippen LogP contribution is 2.25. The lowest BCUT2D eigenvalue weighted by Crippen LogP contribution is -2.29. The maximum Gasteiger partial charge on any atom is 0.350 e. The number of hydrogen-bond donors (Lipinski definition) is 1. The van der Waals surface area contributed by atoms with Crippen LogP contribution in [0, 0.1) is 12.8 Å². The minimum atomic E-state index is -0.306. The molecule has 20 heavy (non-hydrogen) atoms. The van der Waals surface area contributed by atoms with E-state index in [4.69, 9.17) is 4.74 Å². The van der Waals surface area contributed by atoms with Crippen molar-refractivity contribution in [2.45, 2.75) is 33.2 Å². The van der Waals surface area contributed by atoms with Gasteiger partial charge in [-0.15, -0.1) is 0 Å². The predicted octanol–water partition coefficient (Wildman–Crippen LogP) is 2.38. The van der Waals surface area contributed by atoms with Gasteiger partial charge in [-0.05, 0) is 39.7 Å². The Bertz CT molecular complexity index is 473. The molecule has 0 spiro atoms. The van der Waals surface area contributed by atoms with Crippen LogP contribution in [0.4, 0.5) is 5.13 Å². The van der Waals surface area contributed by atoms with Crippen LogP contribution >= 0.6 is 11.3 Å². The number of methoxy groups -OCH3 is 1. The first-order valence-corrected chi connectivity index (χ1v) is 7.86. The number of nitrogens with zero attached hydrogens (tertiary/aromatic N) is 2. The fraction of sp³-hybridized carbons (Fsp3) is 0.714. The van der Waals surface area contributed by atoms with Gasteiger partial charge in [-0.3, -0.25) is 0 Å². The molecule has 2 heterocycles. The molecule has 1 aromatic heterocycles. The lowest BCUT2D eigenvalue weighted by Gasteiger charge is -2.20. The SMILES string of the molecule is COC(=O)c1sc(NCC2CCN(C(C)C)C2)nc1C. The monoisotopic (exact) mass is 297 g/mol. The second-order valence-corrected chi connectivity index (χ2v) is 6.55. The molecule has 1 aliphatic heterocycles. The van der Waals surface area contributed by atoms with Gasteiger partial charge in [-0.25, -0.2) is 9.78 Å². The summed E-state index contributed by atoms with van der Waals surface area (Å²) in [5.74, 6) is 0.350. The molecule has 5 nitrogen and oxygen atoms in total. The Balaban J connectivity index is 1.87. The number of rotatable bonds is 5. The fourth-order valence-electron chi connectivity index (χ4n) is 2.48. The van der Waals surface area contributed by atoms with Gasteiger partial charge in [0.15, 0.2) is 5.13 Å². The Morgan fingerprint density at radius 2 is 2.35 bits per heavy atom. The maximum absolute atomic E-state index is 11.5. The first kappa shape index (κ1) is 15.3. The molecule has 1 atom stereocenters. The Labute approximate surface area is 124 Å². The van der Waals surface area contributed by atoms with Crippen LogP contribution in [0.15, 0.2) is 0 Å². The van der Waals surface area contributed by atoms with Crippen LogP contribution in [0.2, 0.25) is 0 Å². The zero-order valence-electron chi connectivity index (χ0n) is 12.6. The summed E-state index contributed by atoms with van der Waals surface area (Å²) in [6.07, 6.45) is 1.22. The number of hydrogen-bond acceptors (Lipinski definition) is 6. The molecule has 1 aliphatic rings. The Morgan fingerprint density at radius 1 is 1.60 bits per heavy atom. The van der Waals surface area contributed by atoms with Gasteiger partial charge in [0.2, 0.25) is 0 Å². The van der Waals surface area contributed by atoms with Crippen molar-refractivity contribution >= 4 is 22.4 Å². The molecular formula is C14H23N3O2S. The van der Waals surface area contributed by atoms with Crippen LogP contribution in [0.1, 0.15) is 35.6 Å². The van der Waals surface area contributed by atoms with E-state index in [1.807, 2.05) is 6.92 Å². The summed E-state index contributed by atoms with van der Waals surface area (Å²) < 4.78 is 4.75. The normalized spacial score (nSPS) is 19.6. The summed E-state index contributed by atoms with van der Waals surface area (Å²) in [5.41, 5.74) is 0.736.